The average molecular weight is 554 g/mol. The number of dihydropyridines is 1. The topological polar surface area (TPSA) is 83.8 Å². The molecule has 7 nitrogen and oxygen atoms in total. The lowest BCUT2D eigenvalue weighted by atomic mass is 9.68. The molecule has 2 aromatic carbocycles. The first kappa shape index (κ1) is 28.4. The number of carbonyl (C=O) groups excluding carboxylic acids is 2. The van der Waals surface area contributed by atoms with Crippen LogP contribution in [-0.4, -0.2) is 50.1 Å². The third kappa shape index (κ3) is 5.86. The number of methoxy groups -OCH3 is 1. The number of nitrogens with one attached hydrogen (secondary N) is 2. The van der Waals surface area contributed by atoms with Crippen LogP contribution in [0.4, 0.5) is 0 Å². The van der Waals surface area contributed by atoms with Gasteiger partial charge in [0, 0.05) is 34.5 Å². The predicted octanol–water partition coefficient (Wildman–Crippen LogP) is 5.28. The van der Waals surface area contributed by atoms with E-state index in [0.717, 1.165) is 44.5 Å². The van der Waals surface area contributed by atoms with E-state index in [0.29, 0.717) is 29.1 Å². The van der Waals surface area contributed by atoms with E-state index in [4.69, 9.17) is 9.15 Å². The number of allylic oxidation sites excluding steroid dienone is 2. The summed E-state index contributed by atoms with van der Waals surface area (Å²) < 4.78 is 10.4. The summed E-state index contributed by atoms with van der Waals surface area (Å²) in [6.45, 7) is 7.14. The van der Waals surface area contributed by atoms with Crippen molar-refractivity contribution in [2.75, 3.05) is 33.3 Å². The Labute approximate surface area is 242 Å². The summed E-state index contributed by atoms with van der Waals surface area (Å²) in [4.78, 5) is 28.7. The van der Waals surface area contributed by atoms with Gasteiger partial charge in [-0.3, -0.25) is 4.79 Å². The first-order valence-corrected chi connectivity index (χ1v) is 14.3. The van der Waals surface area contributed by atoms with Crippen LogP contribution in [0.1, 0.15) is 55.7 Å². The lowest BCUT2D eigenvalue weighted by Gasteiger charge is -2.43. The Morgan fingerprint density at radius 3 is 2.12 bits per heavy atom. The number of carbonyl (C=O) groups is 2. The number of ether oxygens (including phenoxy) is 1. The molecule has 3 aromatic rings. The fraction of sp³-hybridized carbons (Fsp3) is 0.353. The predicted molar refractivity (Wildman–Crippen MR) is 159 cm³/mol. The lowest BCUT2D eigenvalue weighted by molar-refractivity contribution is -0.136. The van der Waals surface area contributed by atoms with E-state index in [1.165, 1.54) is 18.2 Å². The molecule has 214 valence electrons. The molecule has 1 fully saturated rings. The number of esters is 1. The summed E-state index contributed by atoms with van der Waals surface area (Å²) in [6, 6.07) is 23.5. The minimum atomic E-state index is -0.561. The first-order valence-electron chi connectivity index (χ1n) is 14.3. The lowest BCUT2D eigenvalue weighted by Crippen LogP contribution is -2.44. The quantitative estimate of drug-likeness (QED) is 0.277. The van der Waals surface area contributed by atoms with Crippen molar-refractivity contribution in [3.8, 4) is 0 Å². The molecule has 7 heteroatoms. The molecule has 1 aromatic heterocycles. The number of piperidine rings is 1. The monoisotopic (exact) mass is 553 g/mol. The SMILES string of the molecule is COC(=O)C1=C(C)NC(C)=C(C(=O)NCCCN2CCC(c3ccccc3)(c3ccccc3)CC2)C1c1ccoc1. The highest BCUT2D eigenvalue weighted by Crippen LogP contribution is 2.42. The van der Waals surface area contributed by atoms with Crippen LogP contribution < -0.4 is 10.6 Å². The maximum Gasteiger partial charge on any atom is 0.336 e. The standard InChI is InChI=1S/C34H39N3O4/c1-24-29(31(26-15-22-41-23-26)30(25(2)36-24)33(39)40-3)32(38)35-18-10-19-37-20-16-34(17-21-37,27-11-6-4-7-12-27)28-13-8-5-9-14-28/h4-9,11-15,22-23,31,36H,10,16-21H2,1-3H3,(H,35,38). The van der Waals surface area contributed by atoms with Gasteiger partial charge in [-0.15, -0.1) is 0 Å². The van der Waals surface area contributed by atoms with E-state index in [1.807, 2.05) is 13.8 Å². The number of hydrogen-bond donors (Lipinski definition) is 2. The van der Waals surface area contributed by atoms with E-state index in [1.54, 1.807) is 18.6 Å². The highest BCUT2D eigenvalue weighted by Gasteiger charge is 2.39. The van der Waals surface area contributed by atoms with Gasteiger partial charge in [-0.05, 0) is 69.9 Å². The van der Waals surface area contributed by atoms with Gasteiger partial charge in [-0.25, -0.2) is 4.79 Å². The van der Waals surface area contributed by atoms with Crippen molar-refractivity contribution in [2.24, 2.45) is 0 Å². The van der Waals surface area contributed by atoms with Crippen LogP contribution in [0, 0.1) is 0 Å². The number of nitrogens with zero attached hydrogens (tertiary/aromatic N) is 1. The zero-order valence-electron chi connectivity index (χ0n) is 24.1. The van der Waals surface area contributed by atoms with Gasteiger partial charge in [0.2, 0.25) is 5.91 Å². The molecule has 1 atom stereocenters. The Balaban J connectivity index is 1.20. The zero-order valence-corrected chi connectivity index (χ0v) is 24.1. The third-order valence-electron chi connectivity index (χ3n) is 8.59. The molecular weight excluding hydrogens is 514 g/mol. The highest BCUT2D eigenvalue weighted by molar-refractivity contribution is 6.02. The number of likely N-dealkylation sites (tertiary alicyclic amines) is 1. The summed E-state index contributed by atoms with van der Waals surface area (Å²) in [6.07, 6.45) is 6.08. The second-order valence-electron chi connectivity index (χ2n) is 10.9. The molecule has 0 radical (unpaired) electrons. The molecule has 1 amide bonds. The van der Waals surface area contributed by atoms with Gasteiger partial charge >= 0.3 is 5.97 Å². The molecule has 2 aliphatic rings. The number of furan rings is 1. The minimum Gasteiger partial charge on any atom is -0.472 e. The number of hydrogen-bond acceptors (Lipinski definition) is 6. The Morgan fingerprint density at radius 2 is 1.56 bits per heavy atom. The zero-order chi connectivity index (χ0) is 28.8. The van der Waals surface area contributed by atoms with Gasteiger partial charge in [0.1, 0.15) is 0 Å². The normalized spacial score (nSPS) is 19.0. The van der Waals surface area contributed by atoms with Gasteiger partial charge < -0.3 is 24.7 Å². The van der Waals surface area contributed by atoms with Gasteiger partial charge in [-0.2, -0.15) is 0 Å². The van der Waals surface area contributed by atoms with Crippen LogP contribution in [0.3, 0.4) is 0 Å². The van der Waals surface area contributed by atoms with E-state index >= 15 is 0 Å². The van der Waals surface area contributed by atoms with Gasteiger partial charge in [0.25, 0.3) is 0 Å². The molecule has 0 spiro atoms. The van der Waals surface area contributed by atoms with Gasteiger partial charge in [0.15, 0.2) is 0 Å². The van der Waals surface area contributed by atoms with Gasteiger partial charge in [-0.1, -0.05) is 60.7 Å². The second kappa shape index (κ2) is 12.6. The molecule has 1 saturated heterocycles. The fourth-order valence-electron chi connectivity index (χ4n) is 6.46. The summed E-state index contributed by atoms with van der Waals surface area (Å²) in [5.74, 6) is -1.22. The van der Waals surface area contributed by atoms with E-state index in [9.17, 15) is 9.59 Å². The molecule has 0 aliphatic carbocycles. The Hall–Kier alpha value is -4.10. The average Bonchev–Trinajstić information content (AvgIpc) is 3.55. The van der Waals surface area contributed by atoms with E-state index in [-0.39, 0.29) is 11.3 Å². The molecule has 3 heterocycles. The van der Waals surface area contributed by atoms with Crippen LogP contribution in [0.5, 0.6) is 0 Å². The van der Waals surface area contributed by atoms with Crippen molar-refractivity contribution in [2.45, 2.75) is 44.4 Å². The van der Waals surface area contributed by atoms with Crippen LogP contribution in [0.25, 0.3) is 0 Å². The molecule has 1 unspecified atom stereocenters. The van der Waals surface area contributed by atoms with Crippen LogP contribution in [-0.2, 0) is 19.7 Å². The van der Waals surface area contributed by atoms with Crippen LogP contribution in [0.15, 0.2) is 106 Å². The second-order valence-corrected chi connectivity index (χ2v) is 10.9. The molecule has 41 heavy (non-hydrogen) atoms. The van der Waals surface area contributed by atoms with Crippen molar-refractivity contribution in [3.05, 3.63) is 118 Å². The maximum atomic E-state index is 13.5. The van der Waals surface area contributed by atoms with Gasteiger partial charge in [0.05, 0.1) is 31.1 Å². The van der Waals surface area contributed by atoms with E-state index < -0.39 is 11.9 Å². The maximum absolute atomic E-state index is 13.5. The molecular formula is C34H39N3O4. The highest BCUT2D eigenvalue weighted by atomic mass is 16.5. The Bertz CT molecular complexity index is 1360. The van der Waals surface area contributed by atoms with Crippen molar-refractivity contribution < 1.29 is 18.7 Å². The minimum absolute atomic E-state index is 0.0241. The summed E-state index contributed by atoms with van der Waals surface area (Å²) in [7, 11) is 1.35. The molecule has 2 aliphatic heterocycles. The van der Waals surface area contributed by atoms with Crippen molar-refractivity contribution in [1.82, 2.24) is 15.5 Å². The fourth-order valence-corrected chi connectivity index (χ4v) is 6.46. The Morgan fingerprint density at radius 1 is 0.951 bits per heavy atom. The summed E-state index contributed by atoms with van der Waals surface area (Å²) in [5.41, 5.74) is 5.83. The van der Waals surface area contributed by atoms with E-state index in [2.05, 4.69) is 76.2 Å². The summed E-state index contributed by atoms with van der Waals surface area (Å²) >= 11 is 0. The number of amides is 1. The van der Waals surface area contributed by atoms with Crippen molar-refractivity contribution >= 4 is 11.9 Å². The molecule has 2 N–H and O–H groups in total. The van der Waals surface area contributed by atoms with Crippen molar-refractivity contribution in [3.63, 3.8) is 0 Å². The smallest absolute Gasteiger partial charge is 0.336 e. The van der Waals surface area contributed by atoms with Crippen molar-refractivity contribution in [1.29, 1.82) is 0 Å². The first-order chi connectivity index (χ1) is 19.9. The largest absolute Gasteiger partial charge is 0.472 e. The Kier molecular flexibility index (Phi) is 8.74. The number of benzene rings is 2. The molecule has 0 saturated carbocycles. The van der Waals surface area contributed by atoms with Crippen LogP contribution in [0.2, 0.25) is 0 Å². The molecule has 5 rings (SSSR count). The van der Waals surface area contributed by atoms with Crippen LogP contribution >= 0.6 is 0 Å². The number of rotatable bonds is 9. The summed E-state index contributed by atoms with van der Waals surface area (Å²) in [5, 5.41) is 6.31. The molecule has 0 bridgehead atoms. The third-order valence-corrected chi connectivity index (χ3v) is 8.59.